The van der Waals surface area contributed by atoms with Gasteiger partial charge in [-0.25, -0.2) is 0 Å². The van der Waals surface area contributed by atoms with Crippen LogP contribution < -0.4 is 5.32 Å². The minimum atomic E-state index is -2.75. The van der Waals surface area contributed by atoms with E-state index in [1.54, 1.807) is 60.6 Å². The van der Waals surface area contributed by atoms with Crippen LogP contribution in [0.2, 0.25) is 0 Å². The third-order valence-electron chi connectivity index (χ3n) is 9.95. The summed E-state index contributed by atoms with van der Waals surface area (Å²) in [6.07, 6.45) is -5.14. The summed E-state index contributed by atoms with van der Waals surface area (Å²) in [5, 5.41) is 61.2. The van der Waals surface area contributed by atoms with Crippen LogP contribution in [0.15, 0.2) is 18.2 Å². The molecule has 3 aliphatic rings. The highest BCUT2D eigenvalue weighted by molar-refractivity contribution is 6.10. The second-order valence-corrected chi connectivity index (χ2v) is 13.4. The first-order valence-corrected chi connectivity index (χ1v) is 13.3. The fourth-order valence-corrected chi connectivity index (χ4v) is 8.14. The van der Waals surface area contributed by atoms with Gasteiger partial charge in [-0.05, 0) is 50.2 Å². The highest BCUT2D eigenvalue weighted by Gasteiger charge is 2.80. The number of fused-ring (bicyclic) bond motifs is 3. The Labute approximate surface area is 223 Å². The molecule has 2 saturated carbocycles. The summed E-state index contributed by atoms with van der Waals surface area (Å²) in [7, 11) is 0. The first-order chi connectivity index (χ1) is 17.3. The minimum Gasteiger partial charge on any atom is -0.507 e. The fraction of sp³-hybridized carbons (Fsp3) is 0.690. The van der Waals surface area contributed by atoms with E-state index < -0.39 is 87.3 Å². The summed E-state index contributed by atoms with van der Waals surface area (Å²) in [5.41, 5.74) is -6.25. The van der Waals surface area contributed by atoms with Crippen LogP contribution in [0.5, 0.6) is 5.75 Å². The first-order valence-electron chi connectivity index (χ1n) is 13.3. The zero-order valence-electron chi connectivity index (χ0n) is 23.3. The summed E-state index contributed by atoms with van der Waals surface area (Å²) >= 11 is 0. The molecule has 0 bridgehead atoms. The number of phenolic OH excluding ortho intramolecular Hbond substituents is 1. The molecule has 0 spiro atoms. The number of hydrogen-bond acceptors (Lipinski definition) is 8. The molecule has 38 heavy (non-hydrogen) atoms. The van der Waals surface area contributed by atoms with Crippen LogP contribution >= 0.6 is 0 Å². The zero-order valence-corrected chi connectivity index (χ0v) is 23.3. The summed E-state index contributed by atoms with van der Waals surface area (Å²) in [4.78, 5) is 41.4. The van der Waals surface area contributed by atoms with Crippen molar-refractivity contribution in [1.29, 1.82) is 0 Å². The van der Waals surface area contributed by atoms with Crippen LogP contribution in [0.1, 0.15) is 77.2 Å². The number of Topliss-reactive ketones (excluding diaryl/α,β-unsaturated/α-hetero) is 2. The van der Waals surface area contributed by atoms with Crippen molar-refractivity contribution < 1.29 is 39.9 Å². The number of nitrogens with one attached hydrogen (secondary N) is 1. The molecule has 0 heterocycles. The second kappa shape index (κ2) is 8.58. The number of benzene rings is 1. The number of phenols is 1. The fourth-order valence-electron chi connectivity index (χ4n) is 8.14. The van der Waals surface area contributed by atoms with Gasteiger partial charge in [-0.15, -0.1) is 0 Å². The predicted octanol–water partition coefficient (Wildman–Crippen LogP) is 1.53. The molecule has 6 N–H and O–H groups in total. The Kier molecular flexibility index (Phi) is 6.48. The molecule has 9 nitrogen and oxygen atoms in total. The quantitative estimate of drug-likeness (QED) is 0.313. The van der Waals surface area contributed by atoms with Gasteiger partial charge in [-0.1, -0.05) is 46.8 Å². The number of aromatic hydroxyl groups is 1. The van der Waals surface area contributed by atoms with Gasteiger partial charge in [-0.2, -0.15) is 0 Å². The summed E-state index contributed by atoms with van der Waals surface area (Å²) in [5.74, 6) is -8.16. The Balaban J connectivity index is 1.99. The van der Waals surface area contributed by atoms with Crippen molar-refractivity contribution in [2.24, 2.45) is 34.5 Å². The Morgan fingerprint density at radius 1 is 1.08 bits per heavy atom. The van der Waals surface area contributed by atoms with Gasteiger partial charge in [0, 0.05) is 16.4 Å². The molecule has 2 unspecified atom stereocenters. The van der Waals surface area contributed by atoms with Gasteiger partial charge in [0.25, 0.3) is 0 Å². The van der Waals surface area contributed by atoms with Gasteiger partial charge >= 0.3 is 0 Å². The number of carbonyl (C=O) groups is 3. The van der Waals surface area contributed by atoms with Crippen molar-refractivity contribution in [3.05, 3.63) is 29.3 Å². The molecule has 0 radical (unpaired) electrons. The number of hydrogen-bond donors (Lipinski definition) is 6. The highest BCUT2D eigenvalue weighted by atomic mass is 16.4. The molecular weight excluding hydrogens is 490 g/mol. The van der Waals surface area contributed by atoms with Gasteiger partial charge < -0.3 is 30.8 Å². The van der Waals surface area contributed by atoms with Crippen molar-refractivity contribution in [2.75, 3.05) is 0 Å². The lowest BCUT2D eigenvalue weighted by Crippen LogP contribution is -2.84. The van der Waals surface area contributed by atoms with E-state index in [4.69, 9.17) is 0 Å². The molecule has 10 atom stereocenters. The number of aliphatic hydroxyl groups excluding tert-OH is 3. The Morgan fingerprint density at radius 3 is 2.18 bits per heavy atom. The van der Waals surface area contributed by atoms with Gasteiger partial charge in [0.15, 0.2) is 17.2 Å². The molecule has 9 heteroatoms. The third-order valence-corrected chi connectivity index (χ3v) is 9.95. The monoisotopic (exact) mass is 531 g/mol. The average Bonchev–Trinajstić information content (AvgIpc) is 2.78. The molecule has 3 aliphatic carbocycles. The van der Waals surface area contributed by atoms with Crippen LogP contribution in [0.3, 0.4) is 0 Å². The lowest BCUT2D eigenvalue weighted by Gasteiger charge is -2.69. The number of rotatable bonds is 2. The number of carbonyl (C=O) groups excluding carboxylic acids is 3. The number of amides is 1. The summed E-state index contributed by atoms with van der Waals surface area (Å²) in [6, 6.07) is 4.61. The maximum absolute atomic E-state index is 14.1. The third kappa shape index (κ3) is 3.34. The van der Waals surface area contributed by atoms with Crippen molar-refractivity contribution in [3.8, 4) is 5.75 Å². The van der Waals surface area contributed by atoms with Gasteiger partial charge in [0.2, 0.25) is 5.91 Å². The first kappa shape index (κ1) is 28.7. The smallest absolute Gasteiger partial charge is 0.233 e. The van der Waals surface area contributed by atoms with E-state index in [-0.39, 0.29) is 11.3 Å². The summed E-state index contributed by atoms with van der Waals surface area (Å²) in [6.45, 7) is 13.5. The zero-order chi connectivity index (χ0) is 28.9. The van der Waals surface area contributed by atoms with E-state index in [2.05, 4.69) is 5.32 Å². The van der Waals surface area contributed by atoms with E-state index in [0.717, 1.165) is 0 Å². The van der Waals surface area contributed by atoms with Crippen LogP contribution in [0.4, 0.5) is 0 Å². The van der Waals surface area contributed by atoms with Crippen LogP contribution in [0, 0.1) is 34.5 Å². The molecule has 4 rings (SSSR count). The van der Waals surface area contributed by atoms with E-state index >= 15 is 0 Å². The largest absolute Gasteiger partial charge is 0.507 e. The number of ketones is 2. The maximum Gasteiger partial charge on any atom is 0.233 e. The summed E-state index contributed by atoms with van der Waals surface area (Å²) < 4.78 is 0. The molecule has 1 amide bonds. The maximum atomic E-state index is 14.1. The Bertz CT molecular complexity index is 1190. The molecule has 1 aromatic rings. The molecule has 210 valence electrons. The predicted molar refractivity (Wildman–Crippen MR) is 138 cm³/mol. The van der Waals surface area contributed by atoms with E-state index in [1.807, 2.05) is 0 Å². The van der Waals surface area contributed by atoms with Crippen molar-refractivity contribution in [1.82, 2.24) is 5.32 Å². The molecule has 0 aliphatic heterocycles. The van der Waals surface area contributed by atoms with Crippen molar-refractivity contribution in [2.45, 2.75) is 90.8 Å². The molecule has 1 aromatic carbocycles. The normalized spacial score (nSPS) is 42.8. The van der Waals surface area contributed by atoms with Crippen LogP contribution in [0.25, 0.3) is 0 Å². The molecule has 0 saturated heterocycles. The number of aliphatic hydroxyl groups is 4. The minimum absolute atomic E-state index is 0.0216. The van der Waals surface area contributed by atoms with E-state index in [1.165, 1.54) is 13.0 Å². The SMILES string of the molecule is CC(C)[C@H]1C(O)[C@@H](C(=O)NC(C)(C)C)C(=O)[C@]2(O)C(O)[C@H]3C(=O)c4c(O)cccc4[C@@H](C)[C@]3(C)[C@@H](O)[C@]12C. The average molecular weight is 532 g/mol. The van der Waals surface area contributed by atoms with Crippen LogP contribution in [-0.2, 0) is 9.59 Å². The molecular formula is C29H41NO8. The highest BCUT2D eigenvalue weighted by Crippen LogP contribution is 2.68. The Morgan fingerprint density at radius 2 is 1.66 bits per heavy atom. The molecule has 2 fully saturated rings. The van der Waals surface area contributed by atoms with Gasteiger partial charge in [0.05, 0.1) is 23.7 Å². The standard InChI is InChI=1S/C29H41NO8/c1-12(2)18-21(33)17(24(36)30-26(4,5)6)22(34)29(38)23(35)19-20(32)16-14(10-9-11-15(16)31)13(3)27(19,7)25(37)28(18,29)8/h9-13,17-19,21,23,25,31,33,35,37-38H,1-8H3,(H,30,36)/t13-,17-,18+,19-,21?,23?,25-,27+,28+,29+/m1/s1. The second-order valence-electron chi connectivity index (χ2n) is 13.4. The van der Waals surface area contributed by atoms with Gasteiger partial charge in [0.1, 0.15) is 17.8 Å². The lowest BCUT2D eigenvalue weighted by molar-refractivity contribution is -0.306. The van der Waals surface area contributed by atoms with E-state index in [9.17, 15) is 39.9 Å². The van der Waals surface area contributed by atoms with Crippen molar-refractivity contribution >= 4 is 17.5 Å². The van der Waals surface area contributed by atoms with Crippen molar-refractivity contribution in [3.63, 3.8) is 0 Å². The Hall–Kier alpha value is -2.33. The lowest BCUT2D eigenvalue weighted by atomic mass is 9.36. The van der Waals surface area contributed by atoms with E-state index in [0.29, 0.717) is 5.56 Å². The topological polar surface area (TPSA) is 164 Å². The van der Waals surface area contributed by atoms with Gasteiger partial charge in [-0.3, -0.25) is 14.4 Å². The van der Waals surface area contributed by atoms with Crippen LogP contribution in [-0.4, -0.2) is 72.5 Å². The molecule has 0 aromatic heterocycles.